The molecule has 6 fully saturated rings. The summed E-state index contributed by atoms with van der Waals surface area (Å²) in [6, 6.07) is 31.6. The second kappa shape index (κ2) is 22.5. The number of thioether (sulfide) groups is 2. The van der Waals surface area contributed by atoms with Gasteiger partial charge in [0.1, 0.15) is 23.0 Å². The van der Waals surface area contributed by atoms with Crippen LogP contribution in [0.15, 0.2) is 97.1 Å². The van der Waals surface area contributed by atoms with E-state index in [9.17, 15) is 14.4 Å². The number of carbonyl (C=O) groups excluding carboxylic acids is 3. The summed E-state index contributed by atoms with van der Waals surface area (Å²) in [5.41, 5.74) is 4.82. The molecule has 0 spiro atoms. The fourth-order valence-corrected chi connectivity index (χ4v) is 15.2. The Morgan fingerprint density at radius 3 is 1.55 bits per heavy atom. The van der Waals surface area contributed by atoms with Crippen LogP contribution in [0.2, 0.25) is 0 Å². The summed E-state index contributed by atoms with van der Waals surface area (Å²) < 4.78 is 26.9. The molecule has 4 bridgehead atoms. The monoisotopic (exact) mass is 946 g/mol. The van der Waals surface area contributed by atoms with Crippen molar-refractivity contribution >= 4 is 40.6 Å². The van der Waals surface area contributed by atoms with E-state index in [1.54, 1.807) is 45.0 Å². The second-order valence-electron chi connectivity index (χ2n) is 19.7. The van der Waals surface area contributed by atoms with Crippen LogP contribution in [0.4, 0.5) is 0 Å². The van der Waals surface area contributed by atoms with Crippen LogP contribution in [0, 0.1) is 47.3 Å². The molecular weight excluding hydrogens is 877 g/mol. The molecule has 67 heavy (non-hydrogen) atoms. The quantitative estimate of drug-likeness (QED) is 0.0558. The summed E-state index contributed by atoms with van der Waals surface area (Å²) in [6.45, 7) is 5.54. The Balaban J connectivity index is 0.000000138. The van der Waals surface area contributed by atoms with Gasteiger partial charge in [0.15, 0.2) is 5.12 Å². The van der Waals surface area contributed by atoms with Gasteiger partial charge in [-0.3, -0.25) is 14.4 Å². The van der Waals surface area contributed by atoms with Crippen LogP contribution in [0.3, 0.4) is 0 Å². The molecule has 6 saturated carbocycles. The first kappa shape index (κ1) is 49.2. The molecule has 10 heteroatoms. The van der Waals surface area contributed by atoms with Crippen molar-refractivity contribution in [3.05, 3.63) is 108 Å². The van der Waals surface area contributed by atoms with Crippen molar-refractivity contribution in [1.82, 2.24) is 0 Å². The number of rotatable bonds is 13. The molecule has 0 N–H and O–H groups in total. The van der Waals surface area contributed by atoms with Gasteiger partial charge in [-0.2, -0.15) is 11.8 Å². The molecule has 10 rings (SSSR count). The largest absolute Gasteiger partial charge is 0.497 e. The third-order valence-electron chi connectivity index (χ3n) is 16.0. The minimum Gasteiger partial charge on any atom is -0.497 e. The van der Waals surface area contributed by atoms with Crippen LogP contribution in [-0.4, -0.2) is 61.2 Å². The molecule has 0 amide bonds. The maximum Gasteiger partial charge on any atom is 0.308 e. The Bertz CT molecular complexity index is 2260. The Kier molecular flexibility index (Phi) is 16.5. The van der Waals surface area contributed by atoms with Crippen LogP contribution < -0.4 is 18.9 Å². The van der Waals surface area contributed by atoms with E-state index in [0.717, 1.165) is 89.4 Å². The van der Waals surface area contributed by atoms with Crippen molar-refractivity contribution in [2.75, 3.05) is 32.8 Å². The number of ether oxygens (including phenoxy) is 5. The molecule has 6 aliphatic carbocycles. The van der Waals surface area contributed by atoms with Gasteiger partial charge in [-0.15, -0.1) is 0 Å². The average molecular weight is 947 g/mol. The Morgan fingerprint density at radius 2 is 1.06 bits per heavy atom. The zero-order chi connectivity index (χ0) is 47.1. The van der Waals surface area contributed by atoms with Crippen molar-refractivity contribution in [3.8, 4) is 34.1 Å². The van der Waals surface area contributed by atoms with Crippen molar-refractivity contribution < 1.29 is 38.1 Å². The normalized spacial score (nSPS) is 27.9. The molecule has 0 aromatic heterocycles. The molecule has 4 aromatic rings. The highest BCUT2D eigenvalue weighted by molar-refractivity contribution is 8.14. The molecule has 4 aromatic carbocycles. The molecule has 0 aliphatic heterocycles. The Morgan fingerprint density at radius 1 is 0.567 bits per heavy atom. The first-order valence-electron chi connectivity index (χ1n) is 24.6. The van der Waals surface area contributed by atoms with Crippen molar-refractivity contribution in [3.63, 3.8) is 0 Å². The van der Waals surface area contributed by atoms with E-state index in [2.05, 4.69) is 30.5 Å². The van der Waals surface area contributed by atoms with Crippen LogP contribution >= 0.6 is 23.5 Å². The van der Waals surface area contributed by atoms with Crippen LogP contribution in [0.1, 0.15) is 103 Å². The molecule has 358 valence electrons. The Hall–Kier alpha value is -4.25. The summed E-state index contributed by atoms with van der Waals surface area (Å²) in [7, 11) is 3.34. The highest BCUT2D eigenvalue weighted by atomic mass is 32.2. The van der Waals surface area contributed by atoms with E-state index in [1.807, 2.05) is 72.4 Å². The summed E-state index contributed by atoms with van der Waals surface area (Å²) >= 11 is 3.58. The topological polar surface area (TPSA) is 97.4 Å². The van der Waals surface area contributed by atoms with Gasteiger partial charge in [-0.25, -0.2) is 0 Å². The standard InChI is InChI=1S/C21H24O3.C21H32O2S2.C15H14O3/c1-16(22)24-20-12-8-18(9-13-20)21(14-4-3-5-15-21)17-6-10-19(23-2)11-7-17;1-11(22)25-13-8-14-15(9-13)17-10-16(14)20-12-6-18(21(17)20)19(7-12)23-4-3-5-24-2;1-11(16)18-15-9-5-13(6-10-15)12-3-7-14(17-2)8-4-12/h6-13H,3-5,14-15H2,1-2H3;12-21H,3-10H2,1-2H3;3-10H,1-2H3. The predicted octanol–water partition coefficient (Wildman–Crippen LogP) is 12.9. The summed E-state index contributed by atoms with van der Waals surface area (Å²) in [4.78, 5) is 33.5. The zero-order valence-corrected chi connectivity index (χ0v) is 41.9. The summed E-state index contributed by atoms with van der Waals surface area (Å²) in [6.07, 6.45) is 17.1. The van der Waals surface area contributed by atoms with Gasteiger partial charge >= 0.3 is 11.9 Å². The summed E-state index contributed by atoms with van der Waals surface area (Å²) in [5.74, 6) is 11.2. The van der Waals surface area contributed by atoms with Gasteiger partial charge in [0.25, 0.3) is 0 Å². The summed E-state index contributed by atoms with van der Waals surface area (Å²) in [5, 5.41) is 0.962. The fourth-order valence-electron chi connectivity index (χ4n) is 13.7. The van der Waals surface area contributed by atoms with E-state index in [0.29, 0.717) is 28.0 Å². The van der Waals surface area contributed by atoms with Crippen molar-refractivity contribution in [1.29, 1.82) is 0 Å². The van der Waals surface area contributed by atoms with E-state index in [-0.39, 0.29) is 17.4 Å². The van der Waals surface area contributed by atoms with E-state index in [1.165, 1.54) is 88.5 Å². The number of benzene rings is 4. The maximum absolute atomic E-state index is 11.5. The van der Waals surface area contributed by atoms with E-state index >= 15 is 0 Å². The highest BCUT2D eigenvalue weighted by Crippen LogP contribution is 2.73. The van der Waals surface area contributed by atoms with E-state index in [4.69, 9.17) is 23.7 Å². The highest BCUT2D eigenvalue weighted by Gasteiger charge is 2.68. The van der Waals surface area contributed by atoms with Crippen LogP contribution in [0.25, 0.3) is 11.1 Å². The lowest BCUT2D eigenvalue weighted by Crippen LogP contribution is -2.41. The van der Waals surface area contributed by atoms with Gasteiger partial charge in [-0.1, -0.05) is 79.6 Å². The van der Waals surface area contributed by atoms with Gasteiger partial charge in [0.05, 0.1) is 20.3 Å². The molecule has 6 aliphatic rings. The van der Waals surface area contributed by atoms with Gasteiger partial charge in [0, 0.05) is 38.0 Å². The lowest BCUT2D eigenvalue weighted by Gasteiger charge is -2.43. The lowest BCUT2D eigenvalue weighted by atomic mass is 9.64. The Labute approximate surface area is 407 Å². The molecule has 0 radical (unpaired) electrons. The third-order valence-corrected chi connectivity index (χ3v) is 17.8. The number of methoxy groups -OCH3 is 2. The van der Waals surface area contributed by atoms with Gasteiger partial charge < -0.3 is 23.7 Å². The number of carbonyl (C=O) groups is 3. The van der Waals surface area contributed by atoms with Crippen LogP contribution in [-0.2, 0) is 24.5 Å². The number of hydrogen-bond donors (Lipinski definition) is 0. The first-order chi connectivity index (χ1) is 32.5. The number of esters is 2. The SMILES string of the molecule is COc1ccc(-c2ccc(OC(C)=O)cc2)cc1.COc1ccc(C2(c3ccc(OC(C)=O)cc3)CCCCC2)cc1.CSCCCOC1CC2CC1C1C3CC(C4CC(SC(C)=O)CC43)C21. The third kappa shape index (κ3) is 11.3. The van der Waals surface area contributed by atoms with Crippen molar-refractivity contribution in [2.45, 2.75) is 108 Å². The molecule has 8 nitrogen and oxygen atoms in total. The molecular formula is C57H70O8S2. The minimum atomic E-state index is -0.313. The molecule has 10 atom stereocenters. The second-order valence-corrected chi connectivity index (χ2v) is 22.2. The fraction of sp³-hybridized carbons (Fsp3) is 0.526. The molecule has 0 heterocycles. The van der Waals surface area contributed by atoms with Crippen LogP contribution in [0.5, 0.6) is 23.0 Å². The number of fused-ring (bicyclic) bond motifs is 12. The van der Waals surface area contributed by atoms with Gasteiger partial charge in [0.2, 0.25) is 0 Å². The average Bonchev–Trinajstić information content (AvgIpc) is 4.17. The smallest absolute Gasteiger partial charge is 0.308 e. The number of hydrogen-bond acceptors (Lipinski definition) is 10. The minimum absolute atomic E-state index is 0.0409. The van der Waals surface area contributed by atoms with E-state index < -0.39 is 0 Å². The molecule has 0 saturated heterocycles. The van der Waals surface area contributed by atoms with Gasteiger partial charge in [-0.05, 0) is 182 Å². The van der Waals surface area contributed by atoms with Crippen molar-refractivity contribution in [2.24, 2.45) is 47.3 Å². The lowest BCUT2D eigenvalue weighted by molar-refractivity contribution is -0.132. The molecule has 10 unspecified atom stereocenters. The first-order valence-corrected chi connectivity index (χ1v) is 26.9. The predicted molar refractivity (Wildman–Crippen MR) is 270 cm³/mol. The maximum atomic E-state index is 11.5. The zero-order valence-electron chi connectivity index (χ0n) is 40.3.